The number of Topliss-reactive ketones (excluding diaryl/α,β-unsaturated/α-hetero) is 1. The van der Waals surface area contributed by atoms with Gasteiger partial charge in [0.2, 0.25) is 0 Å². The number of halogens is 2. The minimum absolute atomic E-state index is 0.00510. The Balaban J connectivity index is 1.52. The molecule has 2 aliphatic heterocycles. The van der Waals surface area contributed by atoms with Crippen LogP contribution in [0.1, 0.15) is 37.8 Å². The van der Waals surface area contributed by atoms with Crippen LogP contribution in [0.25, 0.3) is 10.2 Å². The molecule has 3 aromatic rings. The highest BCUT2D eigenvalue weighted by Crippen LogP contribution is 2.50. The number of aromatic nitrogens is 1. The van der Waals surface area contributed by atoms with Gasteiger partial charge in [0.25, 0.3) is 5.91 Å². The highest BCUT2D eigenvalue weighted by atomic mass is 32.1. The third kappa shape index (κ3) is 3.11. The molecule has 1 fully saturated rings. The van der Waals surface area contributed by atoms with E-state index in [0.29, 0.717) is 29.0 Å². The van der Waals surface area contributed by atoms with Crippen LogP contribution in [0.3, 0.4) is 0 Å². The summed E-state index contributed by atoms with van der Waals surface area (Å²) in [6.45, 7) is 2.11. The quantitative estimate of drug-likeness (QED) is 0.513. The van der Waals surface area contributed by atoms with Gasteiger partial charge in [-0.3, -0.25) is 14.5 Å². The Morgan fingerprint density at radius 1 is 1.12 bits per heavy atom. The van der Waals surface area contributed by atoms with Gasteiger partial charge in [-0.15, -0.1) is 0 Å². The van der Waals surface area contributed by atoms with E-state index in [-0.39, 0.29) is 39.8 Å². The second-order valence-corrected chi connectivity index (χ2v) is 10.0. The molecule has 8 heteroatoms. The van der Waals surface area contributed by atoms with Crippen LogP contribution in [0.15, 0.2) is 53.8 Å². The molecule has 1 amide bonds. The molecule has 2 aromatic carbocycles. The van der Waals surface area contributed by atoms with Crippen molar-refractivity contribution in [1.82, 2.24) is 4.98 Å². The van der Waals surface area contributed by atoms with Gasteiger partial charge in [-0.2, -0.15) is 0 Å². The van der Waals surface area contributed by atoms with Crippen molar-refractivity contribution in [3.05, 3.63) is 71.0 Å². The number of amides is 1. The summed E-state index contributed by atoms with van der Waals surface area (Å²) in [6.07, 6.45) is 1.96. The number of rotatable bonds is 2. The average Bonchev–Trinajstić information content (AvgIpc) is 3.33. The number of fused-ring (bicyclic) bond motifs is 2. The van der Waals surface area contributed by atoms with E-state index < -0.39 is 23.6 Å². The summed E-state index contributed by atoms with van der Waals surface area (Å²) in [7, 11) is 0. The van der Waals surface area contributed by atoms with E-state index in [1.165, 1.54) is 29.2 Å². The first-order valence-corrected chi connectivity index (χ1v) is 11.8. The molecule has 1 saturated carbocycles. The molecule has 4 atom stereocenters. The van der Waals surface area contributed by atoms with Gasteiger partial charge in [0.15, 0.2) is 16.7 Å². The molecular weight excluding hydrogens is 446 g/mol. The molecule has 1 aromatic heterocycles. The van der Waals surface area contributed by atoms with Gasteiger partial charge in [0.05, 0.1) is 21.7 Å². The Labute approximate surface area is 192 Å². The fourth-order valence-electron chi connectivity index (χ4n) is 5.25. The summed E-state index contributed by atoms with van der Waals surface area (Å²) in [5, 5.41) is 0.274. The van der Waals surface area contributed by atoms with Gasteiger partial charge >= 0.3 is 0 Å². The monoisotopic (exact) mass is 466 g/mol. The first-order chi connectivity index (χ1) is 15.9. The molecule has 33 heavy (non-hydrogen) atoms. The fraction of sp³-hybridized carbons (Fsp3) is 0.320. The van der Waals surface area contributed by atoms with E-state index in [9.17, 15) is 14.0 Å². The summed E-state index contributed by atoms with van der Waals surface area (Å²) in [5.74, 6) is -1.57. The Hall–Kier alpha value is -3.13. The molecule has 5 nitrogen and oxygen atoms in total. The topological polar surface area (TPSA) is 59.5 Å². The van der Waals surface area contributed by atoms with Crippen LogP contribution in [-0.2, 0) is 14.3 Å². The number of ketones is 1. The first kappa shape index (κ1) is 20.5. The highest BCUT2D eigenvalue weighted by Gasteiger charge is 2.54. The molecule has 6 rings (SSSR count). The van der Waals surface area contributed by atoms with E-state index in [1.54, 1.807) is 18.2 Å². The third-order valence-electron chi connectivity index (χ3n) is 6.85. The average molecular weight is 467 g/mol. The molecule has 3 heterocycles. The number of hydrogen-bond donors (Lipinski definition) is 0. The van der Waals surface area contributed by atoms with Crippen molar-refractivity contribution >= 4 is 38.4 Å². The molecule has 0 radical (unpaired) electrons. The van der Waals surface area contributed by atoms with Gasteiger partial charge in [-0.1, -0.05) is 36.5 Å². The summed E-state index contributed by atoms with van der Waals surface area (Å²) in [6, 6.07) is 9.32. The summed E-state index contributed by atoms with van der Waals surface area (Å²) >= 11 is 1.13. The first-order valence-electron chi connectivity index (χ1n) is 11.0. The zero-order valence-electron chi connectivity index (χ0n) is 17.8. The van der Waals surface area contributed by atoms with E-state index in [0.717, 1.165) is 17.8 Å². The van der Waals surface area contributed by atoms with Gasteiger partial charge < -0.3 is 4.74 Å². The summed E-state index contributed by atoms with van der Waals surface area (Å²) in [4.78, 5) is 33.2. The maximum absolute atomic E-state index is 15.0. The van der Waals surface area contributed by atoms with Crippen molar-refractivity contribution in [2.24, 2.45) is 11.8 Å². The molecule has 0 saturated heterocycles. The van der Waals surface area contributed by atoms with Crippen molar-refractivity contribution in [1.29, 1.82) is 0 Å². The van der Waals surface area contributed by atoms with Crippen molar-refractivity contribution in [2.75, 3.05) is 4.90 Å². The van der Waals surface area contributed by atoms with Gasteiger partial charge in [0, 0.05) is 5.56 Å². The van der Waals surface area contributed by atoms with Crippen molar-refractivity contribution in [3.8, 4) is 0 Å². The van der Waals surface area contributed by atoms with Gasteiger partial charge in [0.1, 0.15) is 23.8 Å². The lowest BCUT2D eigenvalue weighted by atomic mass is 9.74. The predicted octanol–water partition coefficient (Wildman–Crippen LogP) is 5.32. The van der Waals surface area contributed by atoms with Crippen LogP contribution in [0.2, 0.25) is 0 Å². The van der Waals surface area contributed by atoms with Crippen LogP contribution >= 0.6 is 11.3 Å². The molecule has 168 valence electrons. The number of anilines is 1. The molecule has 1 aliphatic carbocycles. The lowest BCUT2D eigenvalue weighted by molar-refractivity contribution is -0.132. The fourth-order valence-corrected chi connectivity index (χ4v) is 6.27. The molecule has 4 unspecified atom stereocenters. The SMILES string of the molecule is CC1CCC2OC3=C(C(=O)C2C1)C(c1ccccc1F)N(c1nc2ccc(F)cc2s1)C3=O. The lowest BCUT2D eigenvalue weighted by Gasteiger charge is -2.37. The van der Waals surface area contributed by atoms with Crippen molar-refractivity contribution < 1.29 is 23.1 Å². The number of nitrogens with zero attached hydrogens (tertiary/aromatic N) is 2. The summed E-state index contributed by atoms with van der Waals surface area (Å²) in [5.41, 5.74) is 0.933. The highest BCUT2D eigenvalue weighted by molar-refractivity contribution is 7.22. The Kier molecular flexibility index (Phi) is 4.62. The summed E-state index contributed by atoms with van der Waals surface area (Å²) < 4.78 is 35.5. The Bertz CT molecular complexity index is 1350. The van der Waals surface area contributed by atoms with Crippen LogP contribution in [0.4, 0.5) is 13.9 Å². The standard InChI is InChI=1S/C25H20F2N2O3S/c1-12-6-9-18-15(10-12)22(30)20-21(14-4-2-3-5-16(14)27)29(24(31)23(20)32-18)25-28-17-8-7-13(26)11-19(17)33-25/h2-5,7-8,11-12,15,18,21H,6,9-10H2,1H3. The molecule has 0 spiro atoms. The zero-order chi connectivity index (χ0) is 22.9. The number of thiazole rings is 1. The van der Waals surface area contributed by atoms with Gasteiger partial charge in [-0.05, 0) is 49.4 Å². The minimum Gasteiger partial charge on any atom is -0.483 e. The van der Waals surface area contributed by atoms with Crippen LogP contribution in [0.5, 0.6) is 0 Å². The normalized spacial score (nSPS) is 27.1. The second kappa shape index (κ2) is 7.45. The number of ether oxygens (including phenoxy) is 1. The molecule has 0 bridgehead atoms. The van der Waals surface area contributed by atoms with Crippen LogP contribution in [-0.4, -0.2) is 22.8 Å². The van der Waals surface area contributed by atoms with E-state index in [2.05, 4.69) is 11.9 Å². The van der Waals surface area contributed by atoms with Crippen LogP contribution < -0.4 is 4.90 Å². The molecule has 3 aliphatic rings. The second-order valence-electron chi connectivity index (χ2n) is 9.00. The number of carbonyl (C=O) groups is 2. The number of benzene rings is 2. The molecular formula is C25H20F2N2O3S. The molecule has 0 N–H and O–H groups in total. The lowest BCUT2D eigenvalue weighted by Crippen LogP contribution is -2.41. The minimum atomic E-state index is -0.982. The predicted molar refractivity (Wildman–Crippen MR) is 120 cm³/mol. The Morgan fingerprint density at radius 3 is 2.76 bits per heavy atom. The van der Waals surface area contributed by atoms with E-state index in [1.807, 2.05) is 0 Å². The number of hydrogen-bond acceptors (Lipinski definition) is 5. The van der Waals surface area contributed by atoms with Crippen molar-refractivity contribution in [3.63, 3.8) is 0 Å². The van der Waals surface area contributed by atoms with Crippen LogP contribution in [0, 0.1) is 23.5 Å². The third-order valence-corrected chi connectivity index (χ3v) is 7.87. The maximum Gasteiger partial charge on any atom is 0.296 e. The van der Waals surface area contributed by atoms with Gasteiger partial charge in [-0.25, -0.2) is 13.8 Å². The number of carbonyl (C=O) groups excluding carboxylic acids is 2. The van der Waals surface area contributed by atoms with E-state index in [4.69, 9.17) is 4.74 Å². The maximum atomic E-state index is 15.0. The smallest absolute Gasteiger partial charge is 0.296 e. The Morgan fingerprint density at radius 2 is 1.94 bits per heavy atom. The van der Waals surface area contributed by atoms with Crippen molar-refractivity contribution in [2.45, 2.75) is 38.3 Å². The zero-order valence-corrected chi connectivity index (χ0v) is 18.6. The van der Waals surface area contributed by atoms with E-state index >= 15 is 4.39 Å². The largest absolute Gasteiger partial charge is 0.483 e.